The summed E-state index contributed by atoms with van der Waals surface area (Å²) < 4.78 is 36.3. The van der Waals surface area contributed by atoms with Gasteiger partial charge in [-0.1, -0.05) is 6.42 Å². The van der Waals surface area contributed by atoms with Gasteiger partial charge in [0.05, 0.1) is 11.4 Å². The van der Waals surface area contributed by atoms with Crippen molar-refractivity contribution >= 4 is 17.5 Å². The van der Waals surface area contributed by atoms with Crippen LogP contribution in [0.25, 0.3) is 11.6 Å². The van der Waals surface area contributed by atoms with E-state index in [1.807, 2.05) is 12.1 Å². The highest BCUT2D eigenvalue weighted by atomic mass is 32.2. The summed E-state index contributed by atoms with van der Waals surface area (Å²) >= 11 is 0.762. The summed E-state index contributed by atoms with van der Waals surface area (Å²) in [6, 6.07) is 5.52. The monoisotopic (exact) mass is 448 g/mol. The van der Waals surface area contributed by atoms with Crippen molar-refractivity contribution in [2.45, 2.75) is 35.9 Å². The number of hydrogen-bond donors (Lipinski definition) is 1. The normalized spacial score (nSPS) is 14.8. The van der Waals surface area contributed by atoms with Gasteiger partial charge in [0.1, 0.15) is 24.0 Å². The lowest BCUT2D eigenvalue weighted by Crippen LogP contribution is -2.28. The maximum atomic E-state index is 14.4. The van der Waals surface area contributed by atoms with Crippen molar-refractivity contribution in [3.63, 3.8) is 0 Å². The van der Waals surface area contributed by atoms with E-state index >= 15 is 0 Å². The summed E-state index contributed by atoms with van der Waals surface area (Å²) in [5, 5.41) is 17.3. The number of Topliss-reactive ketones (excluding diaryl/α,β-unsaturated/α-hetero) is 1. The van der Waals surface area contributed by atoms with Crippen molar-refractivity contribution in [3.05, 3.63) is 47.2 Å². The van der Waals surface area contributed by atoms with Crippen LogP contribution >= 0.6 is 11.8 Å². The van der Waals surface area contributed by atoms with Gasteiger partial charge in [0.25, 0.3) is 0 Å². The van der Waals surface area contributed by atoms with Crippen LogP contribution in [0.4, 0.5) is 8.78 Å². The molecule has 3 aromatic rings. The minimum Gasteiger partial charge on any atom is -0.456 e. The molecule has 10 heteroatoms. The number of benzene rings is 1. The second kappa shape index (κ2) is 9.29. The lowest BCUT2D eigenvalue weighted by Gasteiger charge is -2.25. The van der Waals surface area contributed by atoms with Crippen LogP contribution in [0.15, 0.2) is 38.7 Å². The first-order valence-corrected chi connectivity index (χ1v) is 10.8. The van der Waals surface area contributed by atoms with E-state index in [1.54, 1.807) is 11.6 Å². The highest BCUT2D eigenvalue weighted by molar-refractivity contribution is 7.99. The standard InChI is InChI=1S/C21H22F2N4O3S/c1-26-20(18-6-5-14(30-18)11-27-7-3-2-4-8-27)24-25-21(26)31-19-15(22)9-13(10-16(19)23)17(29)12-28/h5-6,9-10,28H,2-4,7-8,11-12H2,1H3. The maximum Gasteiger partial charge on any atom is 0.200 e. The number of rotatable bonds is 7. The van der Waals surface area contributed by atoms with E-state index in [-0.39, 0.29) is 15.6 Å². The SMILES string of the molecule is Cn1c(Sc2c(F)cc(C(=O)CO)cc2F)nnc1-c1ccc(CN2CCCCC2)o1. The Hall–Kier alpha value is -2.56. The second-order valence-electron chi connectivity index (χ2n) is 7.42. The Balaban J connectivity index is 1.52. The molecule has 1 saturated heterocycles. The molecule has 7 nitrogen and oxygen atoms in total. The summed E-state index contributed by atoms with van der Waals surface area (Å²) in [5.74, 6) is -0.774. The molecule has 0 spiro atoms. The van der Waals surface area contributed by atoms with E-state index in [1.165, 1.54) is 19.3 Å². The summed E-state index contributed by atoms with van der Waals surface area (Å²) in [4.78, 5) is 13.5. The first kappa shape index (κ1) is 21.7. The van der Waals surface area contributed by atoms with E-state index in [2.05, 4.69) is 15.1 Å². The predicted octanol–water partition coefficient (Wildman–Crippen LogP) is 3.67. The number of hydrogen-bond acceptors (Lipinski definition) is 7. The van der Waals surface area contributed by atoms with Crippen LogP contribution in [0.5, 0.6) is 0 Å². The molecule has 2 aromatic heterocycles. The average Bonchev–Trinajstić information content (AvgIpc) is 3.37. The number of carbonyl (C=O) groups excluding carboxylic acids is 1. The molecule has 0 unspecified atom stereocenters. The third-order valence-corrected chi connectivity index (χ3v) is 6.33. The molecule has 1 aromatic carbocycles. The van der Waals surface area contributed by atoms with E-state index in [0.29, 0.717) is 11.6 Å². The number of aliphatic hydroxyl groups is 1. The van der Waals surface area contributed by atoms with Crippen LogP contribution in [-0.4, -0.2) is 50.3 Å². The fourth-order valence-corrected chi connectivity index (χ4v) is 4.34. The average molecular weight is 448 g/mol. The molecular weight excluding hydrogens is 426 g/mol. The lowest BCUT2D eigenvalue weighted by atomic mass is 10.1. The van der Waals surface area contributed by atoms with Crippen molar-refractivity contribution in [3.8, 4) is 11.6 Å². The van der Waals surface area contributed by atoms with Crippen molar-refractivity contribution < 1.29 is 23.1 Å². The number of likely N-dealkylation sites (tertiary alicyclic amines) is 1. The van der Waals surface area contributed by atoms with Gasteiger partial charge in [-0.05, 0) is 62.0 Å². The Bertz CT molecular complexity index is 1070. The summed E-state index contributed by atoms with van der Waals surface area (Å²) in [6.07, 6.45) is 3.65. The number of halogens is 2. The molecule has 0 aliphatic carbocycles. The van der Waals surface area contributed by atoms with Crippen LogP contribution in [0, 0.1) is 11.6 Å². The van der Waals surface area contributed by atoms with Gasteiger partial charge in [0.2, 0.25) is 0 Å². The summed E-state index contributed by atoms with van der Waals surface area (Å²) in [5.41, 5.74) is -0.225. The van der Waals surface area contributed by atoms with Crippen LogP contribution in [0.3, 0.4) is 0 Å². The number of piperidine rings is 1. The molecule has 0 saturated carbocycles. The third kappa shape index (κ3) is 4.70. The zero-order valence-electron chi connectivity index (χ0n) is 17.0. The molecular formula is C21H22F2N4O3S. The highest BCUT2D eigenvalue weighted by Crippen LogP contribution is 2.33. The van der Waals surface area contributed by atoms with E-state index in [0.717, 1.165) is 49.3 Å². The molecule has 1 fully saturated rings. The summed E-state index contributed by atoms with van der Waals surface area (Å²) in [7, 11) is 1.68. The third-order valence-electron chi connectivity index (χ3n) is 5.20. The van der Waals surface area contributed by atoms with Gasteiger partial charge in [0, 0.05) is 12.6 Å². The van der Waals surface area contributed by atoms with Crippen molar-refractivity contribution in [1.29, 1.82) is 0 Å². The smallest absolute Gasteiger partial charge is 0.200 e. The van der Waals surface area contributed by atoms with Gasteiger partial charge in [0.15, 0.2) is 22.5 Å². The van der Waals surface area contributed by atoms with E-state index in [4.69, 9.17) is 9.52 Å². The maximum absolute atomic E-state index is 14.4. The van der Waals surface area contributed by atoms with Crippen LogP contribution in [0.1, 0.15) is 35.4 Å². The zero-order chi connectivity index (χ0) is 22.0. The van der Waals surface area contributed by atoms with Crippen LogP contribution in [-0.2, 0) is 13.6 Å². The minimum absolute atomic E-state index is 0.225. The zero-order valence-corrected chi connectivity index (χ0v) is 17.8. The van der Waals surface area contributed by atoms with Gasteiger partial charge in [-0.25, -0.2) is 8.78 Å². The Kier molecular flexibility index (Phi) is 6.49. The molecule has 3 heterocycles. The highest BCUT2D eigenvalue weighted by Gasteiger charge is 2.21. The molecule has 4 rings (SSSR count). The van der Waals surface area contributed by atoms with E-state index in [9.17, 15) is 13.6 Å². The summed E-state index contributed by atoms with van der Waals surface area (Å²) in [6.45, 7) is 2.02. The number of aromatic nitrogens is 3. The number of carbonyl (C=O) groups is 1. The van der Waals surface area contributed by atoms with Gasteiger partial charge < -0.3 is 14.1 Å². The molecule has 1 aliphatic heterocycles. The molecule has 0 bridgehead atoms. The van der Waals surface area contributed by atoms with Crippen molar-refractivity contribution in [2.24, 2.45) is 7.05 Å². The van der Waals surface area contributed by atoms with Crippen molar-refractivity contribution in [2.75, 3.05) is 19.7 Å². The molecule has 1 N–H and O–H groups in total. The van der Waals surface area contributed by atoms with E-state index < -0.39 is 24.0 Å². The lowest BCUT2D eigenvalue weighted by molar-refractivity contribution is 0.0902. The number of nitrogens with zero attached hydrogens (tertiary/aromatic N) is 4. The Morgan fingerprint density at radius 2 is 1.87 bits per heavy atom. The molecule has 0 amide bonds. The number of furan rings is 1. The van der Waals surface area contributed by atoms with Crippen LogP contribution in [0.2, 0.25) is 0 Å². The first-order valence-electron chi connectivity index (χ1n) is 9.98. The van der Waals surface area contributed by atoms with Gasteiger partial charge >= 0.3 is 0 Å². The fraction of sp³-hybridized carbons (Fsp3) is 0.381. The number of ketones is 1. The molecule has 0 atom stereocenters. The van der Waals surface area contributed by atoms with Gasteiger partial charge in [-0.3, -0.25) is 9.69 Å². The predicted molar refractivity (Wildman–Crippen MR) is 110 cm³/mol. The topological polar surface area (TPSA) is 84.4 Å². The first-order chi connectivity index (χ1) is 15.0. The Morgan fingerprint density at radius 3 is 2.55 bits per heavy atom. The van der Waals surface area contributed by atoms with Gasteiger partial charge in [-0.15, -0.1) is 10.2 Å². The molecule has 31 heavy (non-hydrogen) atoms. The Morgan fingerprint density at radius 1 is 1.16 bits per heavy atom. The second-order valence-corrected chi connectivity index (χ2v) is 8.40. The quantitative estimate of drug-likeness (QED) is 0.552. The number of aliphatic hydroxyl groups excluding tert-OH is 1. The molecule has 0 radical (unpaired) electrons. The largest absolute Gasteiger partial charge is 0.456 e. The van der Waals surface area contributed by atoms with Gasteiger partial charge in [-0.2, -0.15) is 0 Å². The molecule has 1 aliphatic rings. The fourth-order valence-electron chi connectivity index (χ4n) is 3.54. The minimum atomic E-state index is -0.909. The Labute approximate surface area is 182 Å². The molecule has 164 valence electrons. The van der Waals surface area contributed by atoms with Crippen LogP contribution < -0.4 is 0 Å². The van der Waals surface area contributed by atoms with Crippen molar-refractivity contribution in [1.82, 2.24) is 19.7 Å².